The van der Waals surface area contributed by atoms with E-state index in [-0.39, 0.29) is 12.5 Å². The van der Waals surface area contributed by atoms with Crippen LogP contribution in [0.1, 0.15) is 32.6 Å². The third-order valence-electron chi connectivity index (χ3n) is 1.58. The molecular weight excluding hydrogens is 182 g/mol. The molecule has 0 saturated heterocycles. The van der Waals surface area contributed by atoms with Gasteiger partial charge in [0.25, 0.3) is 0 Å². The van der Waals surface area contributed by atoms with Crippen LogP contribution in [-0.4, -0.2) is 31.6 Å². The highest BCUT2D eigenvalue weighted by Crippen LogP contribution is 1.99. The van der Waals surface area contributed by atoms with Crippen molar-refractivity contribution in [3.8, 4) is 0 Å². The molecule has 0 radical (unpaired) electrons. The summed E-state index contributed by atoms with van der Waals surface area (Å²) >= 11 is 0. The van der Waals surface area contributed by atoms with Crippen LogP contribution in [-0.2, 0) is 14.3 Å². The number of rotatable bonds is 8. The minimum absolute atomic E-state index is 0.141. The van der Waals surface area contributed by atoms with Gasteiger partial charge in [0.05, 0.1) is 13.2 Å². The second-order valence-electron chi connectivity index (χ2n) is 2.77. The number of aliphatic imine (C=N–C) groups is 1. The van der Waals surface area contributed by atoms with Crippen molar-refractivity contribution in [3.05, 3.63) is 0 Å². The average molecular weight is 199 g/mol. The summed E-state index contributed by atoms with van der Waals surface area (Å²) in [7, 11) is 0. The first-order valence-electron chi connectivity index (χ1n) is 4.88. The summed E-state index contributed by atoms with van der Waals surface area (Å²) in [6.07, 6.45) is 5.48. The Morgan fingerprint density at radius 2 is 2.21 bits per heavy atom. The molecule has 80 valence electrons. The fourth-order valence-corrected chi connectivity index (χ4v) is 0.947. The molecule has 0 spiro atoms. The minimum Gasteiger partial charge on any atom is -0.466 e. The van der Waals surface area contributed by atoms with E-state index in [1.165, 1.54) is 0 Å². The quantitative estimate of drug-likeness (QED) is 0.257. The molecule has 0 N–H and O–H groups in total. The number of carbonyl (C=O) groups excluding carboxylic acids is 2. The molecule has 0 saturated carbocycles. The van der Waals surface area contributed by atoms with Gasteiger partial charge in [-0.3, -0.25) is 9.79 Å². The van der Waals surface area contributed by atoms with Crippen LogP contribution in [0.15, 0.2) is 4.99 Å². The highest BCUT2D eigenvalue weighted by Gasteiger charge is 1.99. The third-order valence-corrected chi connectivity index (χ3v) is 1.58. The van der Waals surface area contributed by atoms with E-state index in [4.69, 9.17) is 4.74 Å². The van der Waals surface area contributed by atoms with Gasteiger partial charge in [-0.2, -0.15) is 0 Å². The van der Waals surface area contributed by atoms with Gasteiger partial charge in [-0.25, -0.2) is 0 Å². The van der Waals surface area contributed by atoms with E-state index < -0.39 is 0 Å². The van der Waals surface area contributed by atoms with Crippen LogP contribution < -0.4 is 0 Å². The first-order valence-corrected chi connectivity index (χ1v) is 4.88. The lowest BCUT2D eigenvalue weighted by atomic mass is 10.2. The van der Waals surface area contributed by atoms with Gasteiger partial charge in [0.15, 0.2) is 0 Å². The number of aldehydes is 1. The number of esters is 1. The minimum atomic E-state index is -0.141. The Morgan fingerprint density at radius 1 is 1.43 bits per heavy atom. The van der Waals surface area contributed by atoms with Crippen LogP contribution in [0.3, 0.4) is 0 Å². The molecule has 0 fully saturated rings. The van der Waals surface area contributed by atoms with E-state index >= 15 is 0 Å². The van der Waals surface area contributed by atoms with Gasteiger partial charge in [0.2, 0.25) is 0 Å². The molecule has 0 unspecified atom stereocenters. The van der Waals surface area contributed by atoms with E-state index in [2.05, 4.69) is 4.99 Å². The van der Waals surface area contributed by atoms with Gasteiger partial charge in [-0.15, -0.1) is 0 Å². The van der Waals surface area contributed by atoms with Gasteiger partial charge in [-0.1, -0.05) is 0 Å². The summed E-state index contributed by atoms with van der Waals surface area (Å²) in [6.45, 7) is 2.47. The number of hydrogen-bond acceptors (Lipinski definition) is 4. The number of hydrogen-bond donors (Lipinski definition) is 0. The molecule has 0 amide bonds. The van der Waals surface area contributed by atoms with E-state index in [0.717, 1.165) is 25.5 Å². The second kappa shape index (κ2) is 9.89. The maximum atomic E-state index is 10.9. The Hall–Kier alpha value is -1.19. The fourth-order valence-electron chi connectivity index (χ4n) is 0.947. The van der Waals surface area contributed by atoms with Crippen LogP contribution >= 0.6 is 0 Å². The predicted octanol–water partition coefficient (Wildman–Crippen LogP) is 1.38. The van der Waals surface area contributed by atoms with Crippen molar-refractivity contribution in [2.45, 2.75) is 32.6 Å². The molecule has 0 aromatic carbocycles. The maximum absolute atomic E-state index is 10.9. The van der Waals surface area contributed by atoms with Crippen LogP contribution in [0.4, 0.5) is 0 Å². The van der Waals surface area contributed by atoms with Crippen molar-refractivity contribution < 1.29 is 14.3 Å². The summed E-state index contributed by atoms with van der Waals surface area (Å²) in [5.41, 5.74) is 0. The Morgan fingerprint density at radius 3 is 2.86 bits per heavy atom. The van der Waals surface area contributed by atoms with Gasteiger partial charge >= 0.3 is 5.97 Å². The zero-order chi connectivity index (χ0) is 10.6. The van der Waals surface area contributed by atoms with E-state index in [1.807, 2.05) is 0 Å². The van der Waals surface area contributed by atoms with E-state index in [0.29, 0.717) is 13.0 Å². The second-order valence-corrected chi connectivity index (χ2v) is 2.77. The molecule has 4 heteroatoms. The normalized spacial score (nSPS) is 10.4. The van der Waals surface area contributed by atoms with Gasteiger partial charge in [0.1, 0.15) is 6.29 Å². The molecule has 0 heterocycles. The summed E-state index contributed by atoms with van der Waals surface area (Å²) in [5, 5.41) is 0. The van der Waals surface area contributed by atoms with Gasteiger partial charge < -0.3 is 9.53 Å². The molecule has 0 atom stereocenters. The van der Waals surface area contributed by atoms with Crippen molar-refractivity contribution >= 4 is 18.5 Å². The Balaban J connectivity index is 3.20. The molecule has 0 bridgehead atoms. The van der Waals surface area contributed by atoms with Crippen molar-refractivity contribution in [1.82, 2.24) is 0 Å². The Bertz CT molecular complexity index is 190. The van der Waals surface area contributed by atoms with Crippen LogP contribution in [0.25, 0.3) is 0 Å². The SMILES string of the molecule is CCOC(=O)CCCCC=NCC=O. The molecule has 0 aliphatic heterocycles. The predicted molar refractivity (Wildman–Crippen MR) is 54.5 cm³/mol. The standard InChI is InChI=1S/C10H17NO3/c1-2-14-10(13)6-4-3-5-7-11-8-9-12/h7,9H,2-6,8H2,1H3. The van der Waals surface area contributed by atoms with Crippen molar-refractivity contribution in [2.75, 3.05) is 13.2 Å². The first-order chi connectivity index (χ1) is 6.81. The zero-order valence-electron chi connectivity index (χ0n) is 8.57. The highest BCUT2D eigenvalue weighted by molar-refractivity contribution is 5.69. The molecule has 4 nitrogen and oxygen atoms in total. The largest absolute Gasteiger partial charge is 0.466 e. The van der Waals surface area contributed by atoms with Crippen LogP contribution in [0.5, 0.6) is 0 Å². The fraction of sp³-hybridized carbons (Fsp3) is 0.700. The summed E-state index contributed by atoms with van der Waals surface area (Å²) in [4.78, 5) is 24.6. The Kier molecular flexibility index (Phi) is 9.05. The first kappa shape index (κ1) is 12.8. The van der Waals surface area contributed by atoms with E-state index in [9.17, 15) is 9.59 Å². The smallest absolute Gasteiger partial charge is 0.305 e. The van der Waals surface area contributed by atoms with Crippen LogP contribution in [0.2, 0.25) is 0 Å². The number of carbonyl (C=O) groups is 2. The van der Waals surface area contributed by atoms with Crippen LogP contribution in [0, 0.1) is 0 Å². The lowest BCUT2D eigenvalue weighted by molar-refractivity contribution is -0.143. The lowest BCUT2D eigenvalue weighted by Crippen LogP contribution is -2.03. The maximum Gasteiger partial charge on any atom is 0.305 e. The lowest BCUT2D eigenvalue weighted by Gasteiger charge is -1.99. The number of nitrogens with zero attached hydrogens (tertiary/aromatic N) is 1. The average Bonchev–Trinajstić information content (AvgIpc) is 2.17. The highest BCUT2D eigenvalue weighted by atomic mass is 16.5. The van der Waals surface area contributed by atoms with Crippen molar-refractivity contribution in [3.63, 3.8) is 0 Å². The molecular formula is C10H17NO3. The number of ether oxygens (including phenoxy) is 1. The van der Waals surface area contributed by atoms with Crippen molar-refractivity contribution in [1.29, 1.82) is 0 Å². The van der Waals surface area contributed by atoms with Gasteiger partial charge in [0, 0.05) is 6.42 Å². The molecule has 0 aromatic rings. The Labute approximate surface area is 84.4 Å². The third kappa shape index (κ3) is 8.90. The summed E-state index contributed by atoms with van der Waals surface area (Å²) in [5.74, 6) is -0.141. The summed E-state index contributed by atoms with van der Waals surface area (Å²) < 4.78 is 4.77. The van der Waals surface area contributed by atoms with Crippen molar-refractivity contribution in [2.24, 2.45) is 4.99 Å². The van der Waals surface area contributed by atoms with E-state index in [1.54, 1.807) is 13.1 Å². The zero-order valence-corrected chi connectivity index (χ0v) is 8.57. The molecule has 0 aliphatic rings. The molecule has 14 heavy (non-hydrogen) atoms. The van der Waals surface area contributed by atoms with Gasteiger partial charge in [-0.05, 0) is 32.4 Å². The molecule has 0 aliphatic carbocycles. The summed E-state index contributed by atoms with van der Waals surface area (Å²) in [6, 6.07) is 0. The number of unbranched alkanes of at least 4 members (excludes halogenated alkanes) is 2. The topological polar surface area (TPSA) is 55.7 Å². The molecule has 0 aromatic heterocycles. The monoisotopic (exact) mass is 199 g/mol. The molecule has 0 rings (SSSR count).